The van der Waals surface area contributed by atoms with Crippen molar-refractivity contribution in [1.29, 1.82) is 5.26 Å². The lowest BCUT2D eigenvalue weighted by atomic mass is 9.69. The van der Waals surface area contributed by atoms with Crippen molar-refractivity contribution in [3.63, 3.8) is 0 Å². The number of aromatic nitrogens is 3. The first-order valence-electron chi connectivity index (χ1n) is 15.4. The Labute approximate surface area is 260 Å². The molecule has 1 aromatic heterocycles. The molecule has 1 saturated carbocycles. The molecule has 2 N–H and O–H groups in total. The second-order valence-corrected chi connectivity index (χ2v) is 12.9. The molecule has 2 fully saturated rings. The van der Waals surface area contributed by atoms with Crippen LogP contribution in [0.4, 0.5) is 0 Å². The Hall–Kier alpha value is -4.42. The maximum atomic E-state index is 13.0. The van der Waals surface area contributed by atoms with Crippen LogP contribution in [0.15, 0.2) is 61.6 Å². The van der Waals surface area contributed by atoms with Crippen LogP contribution in [0.2, 0.25) is 0 Å². The smallest absolute Gasteiger partial charge is 0.253 e. The number of nitrogens with zero attached hydrogens (tertiary/aromatic N) is 6. The third kappa shape index (κ3) is 5.07. The van der Waals surface area contributed by atoms with Gasteiger partial charge in [-0.15, -0.1) is 0 Å². The zero-order valence-corrected chi connectivity index (χ0v) is 26.2. The number of carbonyl (C=O) groups excluding carboxylic acids is 1. The van der Waals surface area contributed by atoms with Crippen LogP contribution in [-0.4, -0.2) is 89.2 Å². The highest BCUT2D eigenvalue weighted by Gasteiger charge is 2.52. The molecule has 9 nitrogen and oxygen atoms in total. The summed E-state index contributed by atoms with van der Waals surface area (Å²) in [5.41, 5.74) is 7.75. The molecule has 1 unspecified atom stereocenters. The second kappa shape index (κ2) is 11.6. The standard InChI is InChI=1S/C35H42N8O/c1-22(43-29(19-36)17-28-18-32(28)43)20-37-14-13-35(34-38-21-39-40-34)30-11-9-24(23(2)41(3)4)15-25(30)7-8-26-16-27(10-12-31(26)35)33(44)42(5)6/h9-12,15-16,21,28-29,32,37H,1-2,7-8,13-14,17-18,20H2,3-6H3,(H,38,39,40)/t28-,29?,32+,35-/m1/s1. The predicted octanol–water partition coefficient (Wildman–Crippen LogP) is 3.95. The van der Waals surface area contributed by atoms with Crippen LogP contribution >= 0.6 is 0 Å². The summed E-state index contributed by atoms with van der Waals surface area (Å²) in [5, 5.41) is 20.9. The molecular weight excluding hydrogens is 548 g/mol. The van der Waals surface area contributed by atoms with E-state index in [1.807, 2.05) is 25.1 Å². The van der Waals surface area contributed by atoms with Crippen molar-refractivity contribution in [2.75, 3.05) is 41.3 Å². The minimum absolute atomic E-state index is 0.0138. The number of piperidine rings is 1. The average Bonchev–Trinajstić information content (AvgIpc) is 3.41. The summed E-state index contributed by atoms with van der Waals surface area (Å²) in [7, 11) is 7.59. The van der Waals surface area contributed by atoms with Crippen molar-refractivity contribution in [1.82, 2.24) is 35.2 Å². The number of H-pyrrole nitrogens is 1. The zero-order chi connectivity index (χ0) is 31.2. The highest BCUT2D eigenvalue weighted by Crippen LogP contribution is 2.49. The van der Waals surface area contributed by atoms with Gasteiger partial charge in [-0.25, -0.2) is 4.98 Å². The van der Waals surface area contributed by atoms with Crippen LogP contribution in [-0.2, 0) is 18.3 Å². The molecule has 0 radical (unpaired) electrons. The average molecular weight is 591 g/mol. The van der Waals surface area contributed by atoms with Gasteiger partial charge in [-0.3, -0.25) is 9.89 Å². The summed E-state index contributed by atoms with van der Waals surface area (Å²) in [6.45, 7) is 9.98. The van der Waals surface area contributed by atoms with Crippen LogP contribution in [0, 0.1) is 17.2 Å². The number of carbonyl (C=O) groups is 1. The number of nitrogens with one attached hydrogen (secondary N) is 2. The van der Waals surface area contributed by atoms with E-state index in [1.54, 1.807) is 25.3 Å². The molecule has 2 aliphatic carbocycles. The van der Waals surface area contributed by atoms with Gasteiger partial charge >= 0.3 is 0 Å². The Morgan fingerprint density at radius 2 is 1.75 bits per heavy atom. The number of likely N-dealkylation sites (tertiary alicyclic amines) is 1. The van der Waals surface area contributed by atoms with Crippen molar-refractivity contribution < 1.29 is 4.79 Å². The van der Waals surface area contributed by atoms with Gasteiger partial charge in [0.1, 0.15) is 18.2 Å². The summed E-state index contributed by atoms with van der Waals surface area (Å²) < 4.78 is 0. The lowest BCUT2D eigenvalue weighted by Gasteiger charge is -2.35. The lowest BCUT2D eigenvalue weighted by Crippen LogP contribution is -2.38. The molecule has 0 bridgehead atoms. The highest BCUT2D eigenvalue weighted by atomic mass is 16.2. The molecule has 2 heterocycles. The quantitative estimate of drug-likeness (QED) is 0.345. The minimum Gasteiger partial charge on any atom is -0.378 e. The monoisotopic (exact) mass is 590 g/mol. The number of hydrogen-bond donors (Lipinski definition) is 2. The fourth-order valence-corrected chi connectivity index (χ4v) is 7.36. The van der Waals surface area contributed by atoms with E-state index in [4.69, 9.17) is 4.98 Å². The maximum absolute atomic E-state index is 13.0. The number of rotatable bonds is 10. The molecule has 1 saturated heterocycles. The lowest BCUT2D eigenvalue weighted by molar-refractivity contribution is 0.0827. The third-order valence-corrected chi connectivity index (χ3v) is 9.76. The summed E-state index contributed by atoms with van der Waals surface area (Å²) in [4.78, 5) is 23.7. The largest absolute Gasteiger partial charge is 0.378 e. The van der Waals surface area contributed by atoms with Crippen molar-refractivity contribution >= 4 is 11.6 Å². The Kier molecular flexibility index (Phi) is 7.80. The Morgan fingerprint density at radius 3 is 2.36 bits per heavy atom. The Balaban J connectivity index is 1.39. The van der Waals surface area contributed by atoms with Gasteiger partial charge in [-0.2, -0.15) is 10.4 Å². The molecule has 4 atom stereocenters. The number of hydrogen-bond acceptors (Lipinski definition) is 7. The molecule has 6 rings (SSSR count). The van der Waals surface area contributed by atoms with E-state index in [9.17, 15) is 10.1 Å². The first-order chi connectivity index (χ1) is 21.1. The molecule has 0 spiro atoms. The van der Waals surface area contributed by atoms with Gasteiger partial charge in [0.05, 0.1) is 11.5 Å². The number of aromatic amines is 1. The molecular formula is C35H42N8O. The molecule has 1 amide bonds. The Bertz CT molecular complexity index is 1560. The van der Waals surface area contributed by atoms with E-state index in [1.165, 1.54) is 17.5 Å². The third-order valence-electron chi connectivity index (χ3n) is 9.76. The summed E-state index contributed by atoms with van der Waals surface area (Å²) >= 11 is 0. The van der Waals surface area contributed by atoms with Gasteiger partial charge in [0.25, 0.3) is 5.91 Å². The molecule has 228 valence electrons. The van der Waals surface area contributed by atoms with Gasteiger partial charge in [0.2, 0.25) is 0 Å². The van der Waals surface area contributed by atoms with Crippen molar-refractivity contribution in [3.8, 4) is 6.07 Å². The predicted molar refractivity (Wildman–Crippen MR) is 172 cm³/mol. The van der Waals surface area contributed by atoms with Crippen LogP contribution in [0.1, 0.15) is 63.3 Å². The molecule has 2 aromatic carbocycles. The summed E-state index contributed by atoms with van der Waals surface area (Å²) in [5.74, 6) is 1.40. The van der Waals surface area contributed by atoms with Gasteiger partial charge in [-0.1, -0.05) is 31.4 Å². The summed E-state index contributed by atoms with van der Waals surface area (Å²) in [6, 6.07) is 15.6. The van der Waals surface area contributed by atoms with Crippen molar-refractivity contribution in [3.05, 3.63) is 101 Å². The maximum Gasteiger partial charge on any atom is 0.253 e. The minimum atomic E-state index is -0.631. The van der Waals surface area contributed by atoms with Gasteiger partial charge in [0.15, 0.2) is 0 Å². The topological polar surface area (TPSA) is 104 Å². The van der Waals surface area contributed by atoms with Crippen molar-refractivity contribution in [2.24, 2.45) is 5.92 Å². The molecule has 3 aromatic rings. The number of fused-ring (bicyclic) bond motifs is 3. The fraction of sp³-hybridized carbons (Fsp3) is 0.429. The summed E-state index contributed by atoms with van der Waals surface area (Å²) in [6.07, 6.45) is 6.01. The van der Waals surface area contributed by atoms with Crippen molar-refractivity contribution in [2.45, 2.75) is 49.6 Å². The Morgan fingerprint density at radius 1 is 1.07 bits per heavy atom. The van der Waals surface area contributed by atoms with E-state index < -0.39 is 5.41 Å². The molecule has 1 aliphatic heterocycles. The second-order valence-electron chi connectivity index (χ2n) is 12.9. The molecule has 3 aliphatic rings. The van der Waals surface area contributed by atoms with Crippen LogP contribution in [0.3, 0.4) is 0 Å². The van der Waals surface area contributed by atoms with Gasteiger partial charge < -0.3 is 20.0 Å². The SMILES string of the molecule is C=C(c1ccc2c(c1)CCc1cc(C(=O)N(C)C)ccc1[C@]2(CCNCC(=C)N1C(C#N)C[C@@H]2C[C@@H]21)c1ncn[nH]1)N(C)C. The van der Waals surface area contributed by atoms with Gasteiger partial charge in [-0.05, 0) is 90.6 Å². The van der Waals surface area contributed by atoms with Crippen LogP contribution < -0.4 is 5.32 Å². The highest BCUT2D eigenvalue weighted by molar-refractivity contribution is 5.94. The number of nitriles is 1. The van der Waals surface area contributed by atoms with E-state index in [0.717, 1.165) is 53.2 Å². The molecule has 44 heavy (non-hydrogen) atoms. The fourth-order valence-electron chi connectivity index (χ4n) is 7.36. The first kappa shape index (κ1) is 29.6. The number of benzene rings is 2. The molecule has 9 heteroatoms. The number of aryl methyl sites for hydroxylation is 2. The van der Waals surface area contributed by atoms with E-state index in [2.05, 4.69) is 70.0 Å². The van der Waals surface area contributed by atoms with E-state index in [-0.39, 0.29) is 11.9 Å². The van der Waals surface area contributed by atoms with Gasteiger partial charge in [0, 0.05) is 57.7 Å². The first-order valence-corrected chi connectivity index (χ1v) is 15.4. The number of amides is 1. The van der Waals surface area contributed by atoms with E-state index in [0.29, 0.717) is 37.0 Å². The van der Waals surface area contributed by atoms with E-state index >= 15 is 0 Å². The van der Waals surface area contributed by atoms with Crippen LogP contribution in [0.25, 0.3) is 5.70 Å². The zero-order valence-electron chi connectivity index (χ0n) is 26.2. The van der Waals surface area contributed by atoms with Crippen LogP contribution in [0.5, 0.6) is 0 Å². The normalized spacial score (nSPS) is 23.1.